The van der Waals surface area contributed by atoms with Crippen molar-refractivity contribution in [3.8, 4) is 11.1 Å². The number of benzene rings is 1. The van der Waals surface area contributed by atoms with Crippen LogP contribution in [0.1, 0.15) is 46.2 Å². The summed E-state index contributed by atoms with van der Waals surface area (Å²) in [6.07, 6.45) is 5.11. The van der Waals surface area contributed by atoms with Crippen molar-refractivity contribution in [3.05, 3.63) is 48.5 Å². The van der Waals surface area contributed by atoms with Crippen LogP contribution >= 0.6 is 0 Å². The number of amides is 1. The molecule has 1 aromatic heterocycles. The Balaban J connectivity index is 2.00. The number of carbonyl (C=O) groups is 1. The molecule has 2 N–H and O–H groups in total. The number of nitrogens with zero attached hydrogens (tertiary/aromatic N) is 2. The van der Waals surface area contributed by atoms with Crippen LogP contribution in [0.25, 0.3) is 11.1 Å². The molecule has 24 heavy (non-hydrogen) atoms. The fraction of sp³-hybridized carbons (Fsp3) is 0.421. The Morgan fingerprint density at radius 3 is 2.12 bits per heavy atom. The van der Waals surface area contributed by atoms with Gasteiger partial charge < -0.3 is 5.32 Å². The lowest BCUT2D eigenvalue weighted by Gasteiger charge is -2.25. The summed E-state index contributed by atoms with van der Waals surface area (Å²) in [5.41, 5.74) is 2.97. The average Bonchev–Trinajstić information content (AvgIpc) is 2.54. The van der Waals surface area contributed by atoms with E-state index in [0.29, 0.717) is 0 Å². The molecule has 0 radical (unpaired) electrons. The summed E-state index contributed by atoms with van der Waals surface area (Å²) >= 11 is 0. The molecule has 0 spiro atoms. The standard InChI is InChI=1S/C19H26N4O/c1-13(22-14(2)18(24)23-19(3,4)5)15-6-8-16(9-7-15)17-10-20-12-21-11-17/h6-14,22H,1-5H3,(H,23,24)/t13-,14-/m1/s1. The first-order chi connectivity index (χ1) is 11.3. The maximum Gasteiger partial charge on any atom is 0.237 e. The lowest BCUT2D eigenvalue weighted by atomic mass is 10.0. The Bertz CT molecular complexity index is 662. The van der Waals surface area contributed by atoms with E-state index in [9.17, 15) is 4.79 Å². The van der Waals surface area contributed by atoms with Crippen molar-refractivity contribution < 1.29 is 4.79 Å². The van der Waals surface area contributed by atoms with Gasteiger partial charge in [0.25, 0.3) is 0 Å². The maximum absolute atomic E-state index is 12.2. The second-order valence-electron chi connectivity index (χ2n) is 7.10. The minimum Gasteiger partial charge on any atom is -0.350 e. The number of rotatable bonds is 5. The summed E-state index contributed by atoms with van der Waals surface area (Å²) in [4.78, 5) is 20.3. The molecule has 2 rings (SSSR count). The number of nitrogens with one attached hydrogen (secondary N) is 2. The first-order valence-electron chi connectivity index (χ1n) is 8.20. The summed E-state index contributed by atoms with van der Waals surface area (Å²) in [5, 5.41) is 6.33. The van der Waals surface area contributed by atoms with E-state index in [1.807, 2.05) is 39.8 Å². The first-order valence-corrected chi connectivity index (χ1v) is 8.20. The van der Waals surface area contributed by atoms with Gasteiger partial charge in [-0.1, -0.05) is 24.3 Å². The maximum atomic E-state index is 12.2. The smallest absolute Gasteiger partial charge is 0.237 e. The minimum absolute atomic E-state index is 0.00686. The Hall–Kier alpha value is -2.27. The SMILES string of the molecule is C[C@@H](N[C@H](C)c1ccc(-c2cncnc2)cc1)C(=O)NC(C)(C)C. The van der Waals surface area contributed by atoms with E-state index in [1.54, 1.807) is 12.4 Å². The molecule has 0 saturated heterocycles. The molecular formula is C19H26N4O. The Kier molecular flexibility index (Phi) is 5.67. The molecule has 1 aromatic carbocycles. The Morgan fingerprint density at radius 2 is 1.58 bits per heavy atom. The summed E-state index contributed by atoms with van der Waals surface area (Å²) in [6.45, 7) is 9.88. The number of aromatic nitrogens is 2. The van der Waals surface area contributed by atoms with Gasteiger partial charge in [0.2, 0.25) is 5.91 Å². The van der Waals surface area contributed by atoms with Crippen molar-refractivity contribution in [3.63, 3.8) is 0 Å². The molecule has 0 bridgehead atoms. The van der Waals surface area contributed by atoms with E-state index in [0.717, 1.165) is 16.7 Å². The van der Waals surface area contributed by atoms with E-state index in [-0.39, 0.29) is 23.5 Å². The average molecular weight is 326 g/mol. The number of carbonyl (C=O) groups excluding carboxylic acids is 1. The summed E-state index contributed by atoms with van der Waals surface area (Å²) in [7, 11) is 0. The highest BCUT2D eigenvalue weighted by Crippen LogP contribution is 2.21. The molecule has 1 heterocycles. The lowest BCUT2D eigenvalue weighted by Crippen LogP contribution is -2.49. The molecule has 2 atom stereocenters. The molecular weight excluding hydrogens is 300 g/mol. The zero-order valence-corrected chi connectivity index (χ0v) is 15.0. The third-order valence-electron chi connectivity index (χ3n) is 3.70. The van der Waals surface area contributed by atoms with Crippen LogP contribution in [0.2, 0.25) is 0 Å². The highest BCUT2D eigenvalue weighted by atomic mass is 16.2. The quantitative estimate of drug-likeness (QED) is 0.886. The van der Waals surface area contributed by atoms with Crippen LogP contribution in [0.3, 0.4) is 0 Å². The third-order valence-corrected chi connectivity index (χ3v) is 3.70. The number of hydrogen-bond donors (Lipinski definition) is 2. The van der Waals surface area contributed by atoms with Gasteiger partial charge in [0.05, 0.1) is 6.04 Å². The summed E-state index contributed by atoms with van der Waals surface area (Å²) < 4.78 is 0. The molecule has 5 nitrogen and oxygen atoms in total. The summed E-state index contributed by atoms with van der Waals surface area (Å²) in [5.74, 6) is 0.00686. The largest absolute Gasteiger partial charge is 0.350 e. The molecule has 2 aromatic rings. The lowest BCUT2D eigenvalue weighted by molar-refractivity contribution is -0.124. The van der Waals surface area contributed by atoms with Crippen LogP contribution < -0.4 is 10.6 Å². The topological polar surface area (TPSA) is 66.9 Å². The van der Waals surface area contributed by atoms with Gasteiger partial charge in [-0.15, -0.1) is 0 Å². The highest BCUT2D eigenvalue weighted by molar-refractivity contribution is 5.82. The zero-order chi connectivity index (χ0) is 17.7. The van der Waals surface area contributed by atoms with Crippen LogP contribution in [0.4, 0.5) is 0 Å². The van der Waals surface area contributed by atoms with E-state index < -0.39 is 0 Å². The van der Waals surface area contributed by atoms with Gasteiger partial charge in [-0.05, 0) is 45.7 Å². The summed E-state index contributed by atoms with van der Waals surface area (Å²) in [6, 6.07) is 8.04. The molecule has 0 unspecified atom stereocenters. The van der Waals surface area contributed by atoms with E-state index in [4.69, 9.17) is 0 Å². The van der Waals surface area contributed by atoms with E-state index in [1.165, 1.54) is 6.33 Å². The van der Waals surface area contributed by atoms with Gasteiger partial charge in [0.15, 0.2) is 0 Å². The van der Waals surface area contributed by atoms with Gasteiger partial charge >= 0.3 is 0 Å². The Morgan fingerprint density at radius 1 is 1.00 bits per heavy atom. The van der Waals surface area contributed by atoms with Gasteiger partial charge in [-0.2, -0.15) is 0 Å². The van der Waals surface area contributed by atoms with Gasteiger partial charge in [0.1, 0.15) is 6.33 Å². The van der Waals surface area contributed by atoms with E-state index >= 15 is 0 Å². The molecule has 0 aliphatic heterocycles. The van der Waals surface area contributed by atoms with Gasteiger partial charge in [0, 0.05) is 29.5 Å². The second kappa shape index (κ2) is 7.53. The molecule has 0 saturated carbocycles. The van der Waals surface area contributed by atoms with Crippen molar-refractivity contribution in [2.45, 2.75) is 52.2 Å². The zero-order valence-electron chi connectivity index (χ0n) is 15.0. The third kappa shape index (κ3) is 5.13. The molecule has 1 amide bonds. The van der Waals surface area contributed by atoms with Gasteiger partial charge in [-0.3, -0.25) is 10.1 Å². The van der Waals surface area contributed by atoms with Crippen molar-refractivity contribution in [2.24, 2.45) is 0 Å². The van der Waals surface area contributed by atoms with Crippen molar-refractivity contribution in [1.82, 2.24) is 20.6 Å². The molecule has 128 valence electrons. The molecule has 5 heteroatoms. The van der Waals surface area contributed by atoms with Crippen molar-refractivity contribution in [2.75, 3.05) is 0 Å². The predicted octanol–water partition coefficient (Wildman–Crippen LogP) is 3.10. The van der Waals surface area contributed by atoms with Crippen LogP contribution in [-0.2, 0) is 4.79 Å². The van der Waals surface area contributed by atoms with Crippen molar-refractivity contribution in [1.29, 1.82) is 0 Å². The molecule has 0 fully saturated rings. The monoisotopic (exact) mass is 326 g/mol. The molecule has 0 aliphatic rings. The Labute approximate surface area is 143 Å². The second-order valence-corrected chi connectivity index (χ2v) is 7.10. The highest BCUT2D eigenvalue weighted by Gasteiger charge is 2.20. The van der Waals surface area contributed by atoms with Crippen molar-refractivity contribution >= 4 is 5.91 Å². The fourth-order valence-corrected chi connectivity index (χ4v) is 2.44. The molecule has 0 aliphatic carbocycles. The predicted molar refractivity (Wildman–Crippen MR) is 96.4 cm³/mol. The van der Waals surface area contributed by atoms with Crippen LogP contribution in [-0.4, -0.2) is 27.5 Å². The van der Waals surface area contributed by atoms with Crippen LogP contribution in [0.5, 0.6) is 0 Å². The van der Waals surface area contributed by atoms with Crippen LogP contribution in [0, 0.1) is 0 Å². The van der Waals surface area contributed by atoms with Crippen LogP contribution in [0.15, 0.2) is 43.0 Å². The fourth-order valence-electron chi connectivity index (χ4n) is 2.44. The van der Waals surface area contributed by atoms with Gasteiger partial charge in [-0.25, -0.2) is 9.97 Å². The van der Waals surface area contributed by atoms with E-state index in [2.05, 4.69) is 39.7 Å². The minimum atomic E-state index is -0.263. The first kappa shape index (κ1) is 18.1. The number of hydrogen-bond acceptors (Lipinski definition) is 4. The normalized spacial score (nSPS) is 14.0.